The SMILES string of the molecule is COc1ccc(C(=O)CNC(=O)c2ccncc2Br)cc1. The Morgan fingerprint density at radius 3 is 2.57 bits per heavy atom. The van der Waals surface area contributed by atoms with Crippen LogP contribution in [-0.2, 0) is 0 Å². The van der Waals surface area contributed by atoms with Gasteiger partial charge in [0.2, 0.25) is 0 Å². The number of methoxy groups -OCH3 is 1. The van der Waals surface area contributed by atoms with Gasteiger partial charge in [0, 0.05) is 22.4 Å². The van der Waals surface area contributed by atoms with Gasteiger partial charge in [-0.25, -0.2) is 0 Å². The van der Waals surface area contributed by atoms with Gasteiger partial charge in [0.15, 0.2) is 5.78 Å². The Labute approximate surface area is 130 Å². The first-order valence-corrected chi connectivity index (χ1v) is 6.96. The molecule has 1 heterocycles. The molecule has 0 bridgehead atoms. The van der Waals surface area contributed by atoms with Crippen LogP contribution in [-0.4, -0.2) is 30.3 Å². The van der Waals surface area contributed by atoms with E-state index in [1.54, 1.807) is 37.4 Å². The molecule has 0 aliphatic heterocycles. The molecule has 1 amide bonds. The average Bonchev–Trinajstić information content (AvgIpc) is 2.52. The second-order valence-corrected chi connectivity index (χ2v) is 5.04. The molecule has 21 heavy (non-hydrogen) atoms. The number of aromatic nitrogens is 1. The Kier molecular flexibility index (Phi) is 5.05. The van der Waals surface area contributed by atoms with Crippen molar-refractivity contribution >= 4 is 27.6 Å². The van der Waals surface area contributed by atoms with Gasteiger partial charge in [0.25, 0.3) is 5.91 Å². The van der Waals surface area contributed by atoms with Gasteiger partial charge in [0.1, 0.15) is 5.75 Å². The van der Waals surface area contributed by atoms with Crippen molar-refractivity contribution in [3.63, 3.8) is 0 Å². The number of nitrogens with one attached hydrogen (secondary N) is 1. The Bertz CT molecular complexity index is 656. The molecule has 0 spiro atoms. The average molecular weight is 349 g/mol. The lowest BCUT2D eigenvalue weighted by Gasteiger charge is -2.06. The molecule has 2 rings (SSSR count). The zero-order valence-corrected chi connectivity index (χ0v) is 12.9. The van der Waals surface area contributed by atoms with Crippen LogP contribution < -0.4 is 10.1 Å². The van der Waals surface area contributed by atoms with E-state index < -0.39 is 0 Å². The molecule has 6 heteroatoms. The molecule has 0 unspecified atom stereocenters. The molecule has 0 aliphatic carbocycles. The van der Waals surface area contributed by atoms with E-state index in [-0.39, 0.29) is 18.2 Å². The van der Waals surface area contributed by atoms with E-state index in [9.17, 15) is 9.59 Å². The molecule has 0 saturated heterocycles. The van der Waals surface area contributed by atoms with Gasteiger partial charge in [-0.1, -0.05) is 0 Å². The third-order valence-corrected chi connectivity index (χ3v) is 3.47. The van der Waals surface area contributed by atoms with E-state index in [0.717, 1.165) is 0 Å². The monoisotopic (exact) mass is 348 g/mol. The van der Waals surface area contributed by atoms with Gasteiger partial charge in [-0.2, -0.15) is 0 Å². The van der Waals surface area contributed by atoms with E-state index >= 15 is 0 Å². The van der Waals surface area contributed by atoms with Crippen molar-refractivity contribution in [2.45, 2.75) is 0 Å². The van der Waals surface area contributed by atoms with Crippen LogP contribution in [0.4, 0.5) is 0 Å². The van der Waals surface area contributed by atoms with Crippen LogP contribution >= 0.6 is 15.9 Å². The summed E-state index contributed by atoms with van der Waals surface area (Å²) in [7, 11) is 1.56. The first-order valence-electron chi connectivity index (χ1n) is 6.17. The van der Waals surface area contributed by atoms with E-state index in [2.05, 4.69) is 26.2 Å². The first kappa shape index (κ1) is 15.2. The minimum absolute atomic E-state index is 0.0695. The number of benzene rings is 1. The summed E-state index contributed by atoms with van der Waals surface area (Å²) >= 11 is 3.24. The lowest BCUT2D eigenvalue weighted by atomic mass is 10.1. The second-order valence-electron chi connectivity index (χ2n) is 4.19. The second kappa shape index (κ2) is 6.99. The number of hydrogen-bond donors (Lipinski definition) is 1. The number of hydrogen-bond acceptors (Lipinski definition) is 4. The van der Waals surface area contributed by atoms with Crippen LogP contribution in [0.5, 0.6) is 5.75 Å². The molecule has 0 saturated carbocycles. The number of amides is 1. The summed E-state index contributed by atoms with van der Waals surface area (Å²) in [5, 5.41) is 2.59. The quantitative estimate of drug-likeness (QED) is 0.842. The van der Waals surface area contributed by atoms with Crippen LogP contribution in [0.2, 0.25) is 0 Å². The molecular formula is C15H13BrN2O3. The van der Waals surface area contributed by atoms with Gasteiger partial charge in [0.05, 0.1) is 19.2 Å². The van der Waals surface area contributed by atoms with Crippen LogP contribution in [0.15, 0.2) is 47.2 Å². The molecule has 0 atom stereocenters. The summed E-state index contributed by atoms with van der Waals surface area (Å²) in [5.41, 5.74) is 0.956. The molecule has 108 valence electrons. The minimum Gasteiger partial charge on any atom is -0.497 e. The van der Waals surface area contributed by atoms with Crippen LogP contribution in [0.1, 0.15) is 20.7 Å². The Hall–Kier alpha value is -2.21. The number of Topliss-reactive ketones (excluding diaryl/α,β-unsaturated/α-hetero) is 1. The van der Waals surface area contributed by atoms with E-state index in [1.807, 2.05) is 0 Å². The highest BCUT2D eigenvalue weighted by Gasteiger charge is 2.12. The fraction of sp³-hybridized carbons (Fsp3) is 0.133. The number of nitrogens with zero attached hydrogens (tertiary/aromatic N) is 1. The highest BCUT2D eigenvalue weighted by atomic mass is 79.9. The zero-order chi connectivity index (χ0) is 15.2. The maximum Gasteiger partial charge on any atom is 0.252 e. The largest absolute Gasteiger partial charge is 0.497 e. The van der Waals surface area contributed by atoms with Crippen molar-refractivity contribution in [3.8, 4) is 5.75 Å². The summed E-state index contributed by atoms with van der Waals surface area (Å²) in [6.45, 7) is -0.0695. The lowest BCUT2D eigenvalue weighted by Crippen LogP contribution is -2.29. The minimum atomic E-state index is -0.328. The number of ether oxygens (including phenoxy) is 1. The molecular weight excluding hydrogens is 336 g/mol. The van der Waals surface area contributed by atoms with Crippen molar-refractivity contribution in [1.29, 1.82) is 0 Å². The molecule has 1 N–H and O–H groups in total. The number of carbonyl (C=O) groups excluding carboxylic acids is 2. The van der Waals surface area contributed by atoms with Crippen LogP contribution in [0, 0.1) is 0 Å². The zero-order valence-electron chi connectivity index (χ0n) is 11.3. The van der Waals surface area contributed by atoms with Crippen LogP contribution in [0.25, 0.3) is 0 Å². The third kappa shape index (κ3) is 3.88. The smallest absolute Gasteiger partial charge is 0.252 e. The highest BCUT2D eigenvalue weighted by Crippen LogP contribution is 2.14. The topological polar surface area (TPSA) is 68.3 Å². The third-order valence-electron chi connectivity index (χ3n) is 2.84. The van der Waals surface area contributed by atoms with Crippen molar-refractivity contribution in [3.05, 3.63) is 58.3 Å². The van der Waals surface area contributed by atoms with Gasteiger partial charge in [-0.3, -0.25) is 14.6 Å². The molecule has 2 aromatic rings. The normalized spacial score (nSPS) is 10.0. The number of pyridine rings is 1. The Balaban J connectivity index is 1.97. The Morgan fingerprint density at radius 2 is 1.95 bits per heavy atom. The number of carbonyl (C=O) groups is 2. The fourth-order valence-corrected chi connectivity index (χ4v) is 2.12. The van der Waals surface area contributed by atoms with Gasteiger partial charge in [-0.15, -0.1) is 0 Å². The predicted octanol–water partition coefficient (Wildman–Crippen LogP) is 2.47. The summed E-state index contributed by atoms with van der Waals surface area (Å²) in [5.74, 6) is 0.179. The van der Waals surface area contributed by atoms with Crippen molar-refractivity contribution in [1.82, 2.24) is 10.3 Å². The van der Waals surface area contributed by atoms with E-state index in [4.69, 9.17) is 4.74 Å². The standard InChI is InChI=1S/C15H13BrN2O3/c1-21-11-4-2-10(3-5-11)14(19)9-18-15(20)12-6-7-17-8-13(12)16/h2-8H,9H2,1H3,(H,18,20). The first-order chi connectivity index (χ1) is 10.1. The summed E-state index contributed by atoms with van der Waals surface area (Å²) in [6.07, 6.45) is 3.05. The van der Waals surface area contributed by atoms with Crippen LogP contribution in [0.3, 0.4) is 0 Å². The molecule has 0 radical (unpaired) electrons. The summed E-state index contributed by atoms with van der Waals surface area (Å²) in [4.78, 5) is 27.8. The summed E-state index contributed by atoms with van der Waals surface area (Å²) in [6, 6.07) is 8.31. The maximum absolute atomic E-state index is 12.0. The number of rotatable bonds is 5. The Morgan fingerprint density at radius 1 is 1.24 bits per heavy atom. The highest BCUT2D eigenvalue weighted by molar-refractivity contribution is 9.10. The van der Waals surface area contributed by atoms with Gasteiger partial charge in [-0.05, 0) is 46.3 Å². The van der Waals surface area contributed by atoms with E-state index in [1.165, 1.54) is 12.4 Å². The van der Waals surface area contributed by atoms with Gasteiger partial charge < -0.3 is 10.1 Å². The molecule has 0 aliphatic rings. The van der Waals surface area contributed by atoms with Gasteiger partial charge >= 0.3 is 0 Å². The molecule has 1 aromatic carbocycles. The molecule has 1 aromatic heterocycles. The predicted molar refractivity (Wildman–Crippen MR) is 81.6 cm³/mol. The lowest BCUT2D eigenvalue weighted by molar-refractivity contribution is 0.0903. The van der Waals surface area contributed by atoms with Crippen molar-refractivity contribution < 1.29 is 14.3 Å². The van der Waals surface area contributed by atoms with E-state index in [0.29, 0.717) is 21.3 Å². The summed E-state index contributed by atoms with van der Waals surface area (Å²) < 4.78 is 5.61. The number of ketones is 1. The molecule has 0 fully saturated rings. The molecule has 5 nitrogen and oxygen atoms in total. The van der Waals surface area contributed by atoms with Crippen molar-refractivity contribution in [2.75, 3.05) is 13.7 Å². The maximum atomic E-state index is 12.0. The fourth-order valence-electron chi connectivity index (χ4n) is 1.69. The van der Waals surface area contributed by atoms with Crippen molar-refractivity contribution in [2.24, 2.45) is 0 Å². The number of halogens is 1.